The Morgan fingerprint density at radius 2 is 1.89 bits per heavy atom. The summed E-state index contributed by atoms with van der Waals surface area (Å²) in [6, 6.07) is 7.38. The fraction of sp³-hybridized carbons (Fsp3) is 0.368. The van der Waals surface area contributed by atoms with Crippen molar-refractivity contribution in [3.05, 3.63) is 52.4 Å². The van der Waals surface area contributed by atoms with Crippen molar-refractivity contribution in [1.82, 2.24) is 4.72 Å². The van der Waals surface area contributed by atoms with Crippen LogP contribution in [0.1, 0.15) is 35.3 Å². The predicted octanol–water partition coefficient (Wildman–Crippen LogP) is 3.09. The van der Waals surface area contributed by atoms with Gasteiger partial charge in [0.05, 0.1) is 0 Å². The molecule has 6 nitrogen and oxygen atoms in total. The Morgan fingerprint density at radius 1 is 1.19 bits per heavy atom. The molecule has 0 spiro atoms. The molecule has 146 valence electrons. The highest BCUT2D eigenvalue weighted by atomic mass is 32.2. The van der Waals surface area contributed by atoms with Gasteiger partial charge in [-0.05, 0) is 36.8 Å². The highest BCUT2D eigenvalue weighted by Crippen LogP contribution is 2.18. The van der Waals surface area contributed by atoms with Crippen LogP contribution in [0.4, 0.5) is 0 Å². The number of hydrogen-bond acceptors (Lipinski definition) is 6. The lowest BCUT2D eigenvalue weighted by Gasteiger charge is -2.20. The molecule has 1 aromatic heterocycles. The maximum Gasteiger partial charge on any atom is 0.324 e. The monoisotopic (exact) mass is 409 g/mol. The highest BCUT2D eigenvalue weighted by molar-refractivity contribution is 7.91. The molecule has 1 aromatic carbocycles. The van der Waals surface area contributed by atoms with Crippen molar-refractivity contribution in [2.24, 2.45) is 5.92 Å². The number of carbonyl (C=O) groups excluding carboxylic acids is 2. The molecule has 0 radical (unpaired) electrons. The molecular formula is C19H23NO5S2. The van der Waals surface area contributed by atoms with Crippen molar-refractivity contribution in [2.75, 3.05) is 6.61 Å². The zero-order chi connectivity index (χ0) is 20.2. The molecule has 1 heterocycles. The van der Waals surface area contributed by atoms with Gasteiger partial charge in [0.2, 0.25) is 5.78 Å². The minimum Gasteiger partial charge on any atom is -0.456 e. The lowest BCUT2D eigenvalue weighted by atomic mass is 10.0. The molecule has 27 heavy (non-hydrogen) atoms. The maximum atomic E-state index is 12.4. The summed E-state index contributed by atoms with van der Waals surface area (Å²) in [5.74, 6) is -1.45. The van der Waals surface area contributed by atoms with Crippen LogP contribution in [0.5, 0.6) is 0 Å². The van der Waals surface area contributed by atoms with Crippen LogP contribution < -0.4 is 4.72 Å². The van der Waals surface area contributed by atoms with Gasteiger partial charge in [0.1, 0.15) is 10.3 Å². The van der Waals surface area contributed by atoms with Gasteiger partial charge in [-0.15, -0.1) is 11.3 Å². The molecule has 0 bridgehead atoms. The van der Waals surface area contributed by atoms with Crippen LogP contribution in [0.3, 0.4) is 0 Å². The number of Topliss-reactive ketones (excluding diaryl/α,β-unsaturated/α-hetero) is 1. The lowest BCUT2D eigenvalue weighted by molar-refractivity contribution is -0.145. The summed E-state index contributed by atoms with van der Waals surface area (Å²) in [5, 5.41) is 1.64. The molecule has 2 rings (SSSR count). The fourth-order valence-corrected chi connectivity index (χ4v) is 4.87. The number of carbonyl (C=O) groups is 2. The second-order valence-corrected chi connectivity index (χ2v) is 9.51. The standard InChI is InChI=1S/C19H23NO5S2/c1-12(2)18(20-27(23,24)17-6-5-9-26-17)19(22)25-11-16(21)15-8-7-13(3)10-14(15)4/h5-10,12,18,20H,11H2,1-4H3/t18-/m1/s1. The summed E-state index contributed by atoms with van der Waals surface area (Å²) < 4.78 is 32.4. The maximum absolute atomic E-state index is 12.4. The molecule has 1 atom stereocenters. The highest BCUT2D eigenvalue weighted by Gasteiger charge is 2.30. The number of hydrogen-bond donors (Lipinski definition) is 1. The van der Waals surface area contributed by atoms with Crippen molar-refractivity contribution in [3.8, 4) is 0 Å². The molecule has 2 aromatic rings. The Bertz CT molecular complexity index is 918. The van der Waals surface area contributed by atoms with Crippen molar-refractivity contribution in [3.63, 3.8) is 0 Å². The average Bonchev–Trinajstić information content (AvgIpc) is 3.12. The van der Waals surface area contributed by atoms with Crippen LogP contribution in [0.25, 0.3) is 0 Å². The number of rotatable bonds is 8. The third-order valence-electron chi connectivity index (χ3n) is 3.99. The van der Waals surface area contributed by atoms with Gasteiger partial charge in [-0.3, -0.25) is 9.59 Å². The Labute approximate surface area is 163 Å². The van der Waals surface area contributed by atoms with E-state index in [0.717, 1.165) is 22.5 Å². The SMILES string of the molecule is Cc1ccc(C(=O)COC(=O)[C@H](NS(=O)(=O)c2cccs2)C(C)C)c(C)c1. The Kier molecular flexibility index (Phi) is 6.91. The number of ketones is 1. The molecular weight excluding hydrogens is 386 g/mol. The molecule has 0 unspecified atom stereocenters. The summed E-state index contributed by atoms with van der Waals surface area (Å²) >= 11 is 1.06. The van der Waals surface area contributed by atoms with Crippen LogP contribution in [0.2, 0.25) is 0 Å². The Balaban J connectivity index is 2.06. The number of ether oxygens (including phenoxy) is 1. The first kappa shape index (κ1) is 21.3. The van der Waals surface area contributed by atoms with Gasteiger partial charge in [-0.2, -0.15) is 4.72 Å². The number of esters is 1. The number of nitrogens with one attached hydrogen (secondary N) is 1. The van der Waals surface area contributed by atoms with E-state index in [0.29, 0.717) is 5.56 Å². The predicted molar refractivity (Wildman–Crippen MR) is 104 cm³/mol. The fourth-order valence-electron chi connectivity index (χ4n) is 2.53. The van der Waals surface area contributed by atoms with Gasteiger partial charge in [0.15, 0.2) is 6.61 Å². The van der Waals surface area contributed by atoms with Gasteiger partial charge in [-0.25, -0.2) is 8.42 Å². The van der Waals surface area contributed by atoms with Crippen molar-refractivity contribution >= 4 is 33.1 Å². The lowest BCUT2D eigenvalue weighted by Crippen LogP contribution is -2.45. The first-order chi connectivity index (χ1) is 12.6. The van der Waals surface area contributed by atoms with Crippen LogP contribution in [0.15, 0.2) is 39.9 Å². The molecule has 8 heteroatoms. The Hall–Kier alpha value is -2.03. The van der Waals surface area contributed by atoms with Gasteiger partial charge < -0.3 is 4.74 Å². The van der Waals surface area contributed by atoms with Crippen LogP contribution in [0, 0.1) is 19.8 Å². The number of sulfonamides is 1. The third kappa shape index (κ3) is 5.47. The van der Waals surface area contributed by atoms with Crippen molar-refractivity contribution in [1.29, 1.82) is 0 Å². The summed E-state index contributed by atoms with van der Waals surface area (Å²) in [4.78, 5) is 24.7. The molecule has 0 amide bonds. The Morgan fingerprint density at radius 3 is 2.44 bits per heavy atom. The molecule has 0 aliphatic carbocycles. The van der Waals surface area contributed by atoms with Crippen LogP contribution >= 0.6 is 11.3 Å². The van der Waals surface area contributed by atoms with Gasteiger partial charge in [0.25, 0.3) is 10.0 Å². The quantitative estimate of drug-likeness (QED) is 0.534. The zero-order valence-corrected chi connectivity index (χ0v) is 17.3. The van der Waals surface area contributed by atoms with E-state index in [2.05, 4.69) is 4.72 Å². The third-order valence-corrected chi connectivity index (χ3v) is 6.83. The number of benzene rings is 1. The topological polar surface area (TPSA) is 89.5 Å². The van der Waals surface area contributed by atoms with E-state index in [1.807, 2.05) is 26.0 Å². The first-order valence-electron chi connectivity index (χ1n) is 8.44. The zero-order valence-electron chi connectivity index (χ0n) is 15.7. The number of aryl methyl sites for hydroxylation is 2. The summed E-state index contributed by atoms with van der Waals surface area (Å²) in [6.45, 7) is 6.71. The summed E-state index contributed by atoms with van der Waals surface area (Å²) in [5.41, 5.74) is 2.31. The van der Waals surface area contributed by atoms with Gasteiger partial charge >= 0.3 is 5.97 Å². The molecule has 0 saturated heterocycles. The van der Waals surface area contributed by atoms with E-state index in [-0.39, 0.29) is 15.9 Å². The van der Waals surface area contributed by atoms with E-state index in [9.17, 15) is 18.0 Å². The molecule has 0 aliphatic heterocycles. The largest absolute Gasteiger partial charge is 0.456 e. The second-order valence-electron chi connectivity index (χ2n) is 6.62. The van der Waals surface area contributed by atoms with Gasteiger partial charge in [-0.1, -0.05) is 43.7 Å². The molecule has 1 N–H and O–H groups in total. The van der Waals surface area contributed by atoms with E-state index >= 15 is 0 Å². The number of thiophene rings is 1. The molecule has 0 fully saturated rings. The van der Waals surface area contributed by atoms with Crippen molar-refractivity contribution < 1.29 is 22.7 Å². The van der Waals surface area contributed by atoms with E-state index in [1.54, 1.807) is 31.4 Å². The van der Waals surface area contributed by atoms with E-state index in [1.165, 1.54) is 6.07 Å². The molecule has 0 saturated carbocycles. The van der Waals surface area contributed by atoms with Crippen LogP contribution in [-0.4, -0.2) is 32.8 Å². The normalized spacial score (nSPS) is 12.8. The van der Waals surface area contributed by atoms with Crippen LogP contribution in [-0.2, 0) is 19.6 Å². The average molecular weight is 410 g/mol. The van der Waals surface area contributed by atoms with E-state index < -0.39 is 28.6 Å². The van der Waals surface area contributed by atoms with Crippen molar-refractivity contribution in [2.45, 2.75) is 37.9 Å². The molecule has 0 aliphatic rings. The summed E-state index contributed by atoms with van der Waals surface area (Å²) in [6.07, 6.45) is 0. The minimum atomic E-state index is -3.83. The summed E-state index contributed by atoms with van der Waals surface area (Å²) in [7, 11) is -3.83. The van der Waals surface area contributed by atoms with Gasteiger partial charge in [0, 0.05) is 5.56 Å². The first-order valence-corrected chi connectivity index (χ1v) is 10.8. The van der Waals surface area contributed by atoms with E-state index in [4.69, 9.17) is 4.74 Å². The minimum absolute atomic E-state index is 0.118. The smallest absolute Gasteiger partial charge is 0.324 e. The second kappa shape index (κ2) is 8.77.